The Kier molecular flexibility index (Phi) is 7.41. The van der Waals surface area contributed by atoms with E-state index in [0.717, 1.165) is 36.9 Å². The van der Waals surface area contributed by atoms with Gasteiger partial charge in [0, 0.05) is 23.7 Å². The number of rotatable bonds is 8. The van der Waals surface area contributed by atoms with Crippen LogP contribution in [0.2, 0.25) is 0 Å². The van der Waals surface area contributed by atoms with Crippen molar-refractivity contribution in [2.75, 3.05) is 24.6 Å². The minimum absolute atomic E-state index is 0.0199. The number of nitrogens with zero attached hydrogens (tertiary/aromatic N) is 2. The average molecular weight is 486 g/mol. The van der Waals surface area contributed by atoms with Crippen molar-refractivity contribution in [3.05, 3.63) is 53.6 Å². The molecule has 0 spiro atoms. The van der Waals surface area contributed by atoms with E-state index in [2.05, 4.69) is 9.46 Å². The molecule has 180 valence electrons. The third kappa shape index (κ3) is 7.01. The lowest BCUT2D eigenvalue weighted by Crippen LogP contribution is -2.32. The first kappa shape index (κ1) is 24.7. The Hall–Kier alpha value is -2.95. The summed E-state index contributed by atoms with van der Waals surface area (Å²) in [5.74, 6) is -0.270. The van der Waals surface area contributed by atoms with Crippen molar-refractivity contribution >= 4 is 21.4 Å². The summed E-state index contributed by atoms with van der Waals surface area (Å²) in [5.41, 5.74) is 2.86. The molecule has 2 aromatic rings. The second-order valence-corrected chi connectivity index (χ2v) is 9.50. The highest BCUT2D eigenvalue weighted by atomic mass is 32.2. The lowest BCUT2D eigenvalue weighted by molar-refractivity contribution is -0.275. The molecule has 2 aromatic carbocycles. The Bertz CT molecular complexity index is 1100. The van der Waals surface area contributed by atoms with Crippen LogP contribution in [0, 0.1) is 5.92 Å². The largest absolute Gasteiger partial charge is 0.573 e. The first-order valence-corrected chi connectivity index (χ1v) is 12.2. The van der Waals surface area contributed by atoms with Crippen LogP contribution in [0.3, 0.4) is 0 Å². The van der Waals surface area contributed by atoms with Gasteiger partial charge in [-0.3, -0.25) is 9.73 Å². The minimum Gasteiger partial charge on any atom is -0.493 e. The summed E-state index contributed by atoms with van der Waals surface area (Å²) in [6.45, 7) is 3.27. The maximum atomic E-state index is 12.7. The number of hydrazone groups is 1. The van der Waals surface area contributed by atoms with Crippen molar-refractivity contribution < 1.29 is 31.1 Å². The van der Waals surface area contributed by atoms with Gasteiger partial charge in [-0.15, -0.1) is 13.2 Å². The molecular formula is C22H26F3N3O4S. The van der Waals surface area contributed by atoms with Crippen molar-refractivity contribution in [2.24, 2.45) is 11.0 Å². The van der Waals surface area contributed by atoms with Crippen LogP contribution in [0.15, 0.2) is 47.6 Å². The molecule has 3 rings (SSSR count). The SMILES string of the molecule is CCC1CCN(Cc2ccc(NS(C)(=O)=O)cc2)N=C1c1ccc(OC(F)(F)F)c(OC)c1. The number of hydrogen-bond donors (Lipinski definition) is 1. The fourth-order valence-corrected chi connectivity index (χ4v) is 4.23. The number of methoxy groups -OCH3 is 1. The first-order valence-electron chi connectivity index (χ1n) is 10.3. The quantitative estimate of drug-likeness (QED) is 0.591. The highest BCUT2D eigenvalue weighted by molar-refractivity contribution is 7.92. The average Bonchev–Trinajstić information content (AvgIpc) is 2.73. The van der Waals surface area contributed by atoms with E-state index in [4.69, 9.17) is 9.84 Å². The van der Waals surface area contributed by atoms with E-state index in [1.807, 2.05) is 24.1 Å². The third-order valence-electron chi connectivity index (χ3n) is 5.17. The summed E-state index contributed by atoms with van der Waals surface area (Å²) < 4.78 is 72.3. The van der Waals surface area contributed by atoms with E-state index in [9.17, 15) is 21.6 Å². The van der Waals surface area contributed by atoms with Crippen LogP contribution >= 0.6 is 0 Å². The van der Waals surface area contributed by atoms with Crippen LogP contribution in [0.1, 0.15) is 30.9 Å². The molecule has 0 amide bonds. The van der Waals surface area contributed by atoms with Crippen molar-refractivity contribution in [1.29, 1.82) is 0 Å². The Balaban J connectivity index is 1.83. The summed E-state index contributed by atoms with van der Waals surface area (Å²) in [7, 11) is -2.06. The number of sulfonamides is 1. The van der Waals surface area contributed by atoms with Crippen LogP contribution in [0.5, 0.6) is 11.5 Å². The van der Waals surface area contributed by atoms with E-state index in [-0.39, 0.29) is 11.7 Å². The molecule has 1 N–H and O–H groups in total. The minimum atomic E-state index is -4.81. The molecule has 0 aromatic heterocycles. The molecule has 0 radical (unpaired) electrons. The van der Waals surface area contributed by atoms with E-state index >= 15 is 0 Å². The predicted molar refractivity (Wildman–Crippen MR) is 120 cm³/mol. The van der Waals surface area contributed by atoms with Gasteiger partial charge in [-0.05, 0) is 48.7 Å². The smallest absolute Gasteiger partial charge is 0.493 e. The fourth-order valence-electron chi connectivity index (χ4n) is 3.67. The summed E-state index contributed by atoms with van der Waals surface area (Å²) >= 11 is 0. The highest BCUT2D eigenvalue weighted by Crippen LogP contribution is 2.34. The van der Waals surface area contributed by atoms with Gasteiger partial charge in [-0.25, -0.2) is 8.42 Å². The van der Waals surface area contributed by atoms with E-state index in [1.54, 1.807) is 18.2 Å². The number of benzene rings is 2. The monoisotopic (exact) mass is 485 g/mol. The molecule has 0 aliphatic carbocycles. The molecule has 1 heterocycles. The first-order chi connectivity index (χ1) is 15.5. The van der Waals surface area contributed by atoms with Gasteiger partial charge in [0.1, 0.15) is 0 Å². The Labute approximate surface area is 191 Å². The summed E-state index contributed by atoms with van der Waals surface area (Å²) in [6, 6.07) is 11.3. The lowest BCUT2D eigenvalue weighted by atomic mass is 9.90. The summed E-state index contributed by atoms with van der Waals surface area (Å²) in [5, 5.41) is 6.68. The number of alkyl halides is 3. The van der Waals surface area contributed by atoms with Gasteiger partial charge < -0.3 is 9.47 Å². The van der Waals surface area contributed by atoms with Crippen LogP contribution in [0.25, 0.3) is 0 Å². The molecule has 1 atom stereocenters. The van der Waals surface area contributed by atoms with Crippen molar-refractivity contribution in [3.8, 4) is 11.5 Å². The van der Waals surface area contributed by atoms with Gasteiger partial charge in [-0.2, -0.15) is 5.10 Å². The Morgan fingerprint density at radius 1 is 1.15 bits per heavy atom. The molecule has 0 saturated carbocycles. The zero-order valence-electron chi connectivity index (χ0n) is 18.5. The van der Waals surface area contributed by atoms with Crippen LogP contribution in [0.4, 0.5) is 18.9 Å². The van der Waals surface area contributed by atoms with Gasteiger partial charge in [0.15, 0.2) is 11.5 Å². The fraction of sp³-hybridized carbons (Fsp3) is 0.409. The molecule has 11 heteroatoms. The standard InChI is InChI=1S/C22H26F3N3O4S/c1-4-16-11-12-28(14-15-5-8-18(9-6-15)27-33(3,29)30)26-21(16)17-7-10-19(20(13-17)31-2)32-22(23,24)25/h5-10,13,16,27H,4,11-12,14H2,1-3H3. The van der Waals surface area contributed by atoms with Crippen molar-refractivity contribution in [3.63, 3.8) is 0 Å². The topological polar surface area (TPSA) is 80.2 Å². The highest BCUT2D eigenvalue weighted by Gasteiger charge is 2.33. The van der Waals surface area contributed by atoms with Crippen LogP contribution in [-0.2, 0) is 16.6 Å². The third-order valence-corrected chi connectivity index (χ3v) is 5.78. The van der Waals surface area contributed by atoms with E-state index < -0.39 is 22.1 Å². The zero-order valence-corrected chi connectivity index (χ0v) is 19.3. The molecule has 0 fully saturated rings. The summed E-state index contributed by atoms with van der Waals surface area (Å²) in [4.78, 5) is 0. The second-order valence-electron chi connectivity index (χ2n) is 7.75. The maximum absolute atomic E-state index is 12.7. The van der Waals surface area contributed by atoms with Crippen LogP contribution < -0.4 is 14.2 Å². The normalized spacial score (nSPS) is 16.8. The number of nitrogens with one attached hydrogen (secondary N) is 1. The zero-order chi connectivity index (χ0) is 24.2. The second kappa shape index (κ2) is 9.90. The molecular weight excluding hydrogens is 459 g/mol. The number of ether oxygens (including phenoxy) is 2. The number of halogens is 3. The van der Waals surface area contributed by atoms with Gasteiger partial charge >= 0.3 is 6.36 Å². The van der Waals surface area contributed by atoms with Crippen molar-refractivity contribution in [2.45, 2.75) is 32.7 Å². The molecule has 0 bridgehead atoms. The van der Waals surface area contributed by atoms with Gasteiger partial charge in [-0.1, -0.05) is 19.1 Å². The van der Waals surface area contributed by atoms with Crippen molar-refractivity contribution in [1.82, 2.24) is 5.01 Å². The molecule has 1 aliphatic heterocycles. The maximum Gasteiger partial charge on any atom is 0.573 e. The van der Waals surface area contributed by atoms with Gasteiger partial charge in [0.05, 0.1) is 25.6 Å². The molecule has 7 nitrogen and oxygen atoms in total. The lowest BCUT2D eigenvalue weighted by Gasteiger charge is -2.31. The summed E-state index contributed by atoms with van der Waals surface area (Å²) in [6.07, 6.45) is -2.05. The predicted octanol–water partition coefficient (Wildman–Crippen LogP) is 4.60. The van der Waals surface area contributed by atoms with Gasteiger partial charge in [0.25, 0.3) is 0 Å². The van der Waals surface area contributed by atoms with Gasteiger partial charge in [0.2, 0.25) is 10.0 Å². The van der Waals surface area contributed by atoms with E-state index in [0.29, 0.717) is 17.8 Å². The van der Waals surface area contributed by atoms with E-state index in [1.165, 1.54) is 19.2 Å². The molecule has 33 heavy (non-hydrogen) atoms. The number of anilines is 1. The Morgan fingerprint density at radius 3 is 2.42 bits per heavy atom. The Morgan fingerprint density at radius 2 is 1.85 bits per heavy atom. The molecule has 0 saturated heterocycles. The molecule has 1 unspecified atom stereocenters. The van der Waals surface area contributed by atoms with Crippen LogP contribution in [-0.4, -0.2) is 45.4 Å². The molecule has 1 aliphatic rings. The number of hydrogen-bond acceptors (Lipinski definition) is 6.